The third-order valence-corrected chi connectivity index (χ3v) is 4.96. The smallest absolute Gasteiger partial charge is 0.341 e. The first-order chi connectivity index (χ1) is 12.1. The summed E-state index contributed by atoms with van der Waals surface area (Å²) in [4.78, 5) is 27.4. The van der Waals surface area contributed by atoms with E-state index in [1.807, 2.05) is 4.68 Å². The number of esters is 1. The van der Waals surface area contributed by atoms with E-state index in [-0.39, 0.29) is 11.6 Å². The average Bonchev–Trinajstić information content (AvgIpc) is 3.29. The van der Waals surface area contributed by atoms with Crippen LogP contribution in [0.4, 0.5) is 0 Å². The Kier molecular flexibility index (Phi) is 3.71. The van der Waals surface area contributed by atoms with Crippen molar-refractivity contribution in [3.63, 3.8) is 0 Å². The van der Waals surface area contributed by atoms with E-state index in [0.29, 0.717) is 22.2 Å². The van der Waals surface area contributed by atoms with Crippen molar-refractivity contribution >= 4 is 27.8 Å². The van der Waals surface area contributed by atoms with E-state index in [4.69, 9.17) is 9.47 Å². The molecule has 2 heterocycles. The number of rotatable bonds is 3. The lowest BCUT2D eigenvalue weighted by molar-refractivity contribution is 0.0597. The molecule has 1 aliphatic rings. The van der Waals surface area contributed by atoms with Crippen molar-refractivity contribution in [2.75, 3.05) is 14.2 Å². The molecule has 3 aromatic rings. The monoisotopic (exact) mass is 341 g/mol. The Morgan fingerprint density at radius 1 is 1.24 bits per heavy atom. The lowest BCUT2D eigenvalue weighted by atomic mass is 10.1. The Morgan fingerprint density at radius 3 is 2.68 bits per heavy atom. The second-order valence-corrected chi connectivity index (χ2v) is 6.33. The largest absolute Gasteiger partial charge is 0.496 e. The molecule has 7 nitrogen and oxygen atoms in total. The van der Waals surface area contributed by atoms with Gasteiger partial charge in [-0.05, 0) is 18.9 Å². The summed E-state index contributed by atoms with van der Waals surface area (Å²) in [6.45, 7) is 0. The van der Waals surface area contributed by atoms with Gasteiger partial charge in [0.05, 0.1) is 42.9 Å². The zero-order valence-corrected chi connectivity index (χ0v) is 14.2. The van der Waals surface area contributed by atoms with Gasteiger partial charge >= 0.3 is 5.97 Å². The number of aromatic nitrogens is 3. The number of hydrogen-bond acceptors (Lipinski definition) is 5. The maximum Gasteiger partial charge on any atom is 0.341 e. The molecule has 0 radical (unpaired) electrons. The van der Waals surface area contributed by atoms with Crippen LogP contribution in [0.2, 0.25) is 0 Å². The molecule has 1 saturated carbocycles. The molecule has 1 aromatic carbocycles. The summed E-state index contributed by atoms with van der Waals surface area (Å²) in [6.07, 6.45) is 6.02. The molecule has 25 heavy (non-hydrogen) atoms. The van der Waals surface area contributed by atoms with Crippen molar-refractivity contribution in [3.8, 4) is 5.75 Å². The van der Waals surface area contributed by atoms with Gasteiger partial charge in [0.1, 0.15) is 11.3 Å². The lowest BCUT2D eigenvalue weighted by Gasteiger charge is -2.14. The number of pyridine rings is 1. The molecular weight excluding hydrogens is 322 g/mol. The zero-order chi connectivity index (χ0) is 17.6. The first-order valence-electron chi connectivity index (χ1n) is 8.33. The van der Waals surface area contributed by atoms with Gasteiger partial charge in [-0.15, -0.1) is 0 Å². The molecule has 1 aliphatic carbocycles. The molecular formula is C18H19N3O4. The van der Waals surface area contributed by atoms with Crippen LogP contribution in [0, 0.1) is 0 Å². The molecule has 7 heteroatoms. The number of ether oxygens (including phenoxy) is 2. The van der Waals surface area contributed by atoms with Gasteiger partial charge < -0.3 is 14.5 Å². The molecule has 130 valence electrons. The van der Waals surface area contributed by atoms with Gasteiger partial charge in [0.15, 0.2) is 0 Å². The first kappa shape index (κ1) is 15.7. The predicted molar refractivity (Wildman–Crippen MR) is 93.3 cm³/mol. The highest BCUT2D eigenvalue weighted by molar-refractivity contribution is 6.07. The molecule has 4 rings (SSSR count). The number of hydrogen-bond donors (Lipinski definition) is 1. The second kappa shape index (κ2) is 5.91. The minimum Gasteiger partial charge on any atom is -0.496 e. The number of benzene rings is 1. The summed E-state index contributed by atoms with van der Waals surface area (Å²) in [7, 11) is 2.81. The molecule has 0 atom stereocenters. The highest BCUT2D eigenvalue weighted by Gasteiger charge is 2.23. The first-order valence-corrected chi connectivity index (χ1v) is 8.33. The van der Waals surface area contributed by atoms with Crippen molar-refractivity contribution in [2.45, 2.75) is 31.7 Å². The van der Waals surface area contributed by atoms with E-state index < -0.39 is 5.97 Å². The molecule has 0 aliphatic heterocycles. The fraction of sp³-hybridized carbons (Fsp3) is 0.389. The Bertz CT molecular complexity index is 1030. The van der Waals surface area contributed by atoms with E-state index in [9.17, 15) is 9.59 Å². The van der Waals surface area contributed by atoms with Gasteiger partial charge in [0.2, 0.25) is 0 Å². The number of methoxy groups -OCH3 is 2. The van der Waals surface area contributed by atoms with Gasteiger partial charge in [-0.1, -0.05) is 12.8 Å². The second-order valence-electron chi connectivity index (χ2n) is 6.33. The molecule has 0 spiro atoms. The molecule has 2 aromatic heterocycles. The number of carbonyl (C=O) groups is 1. The summed E-state index contributed by atoms with van der Waals surface area (Å²) in [5.74, 6) is -0.119. The van der Waals surface area contributed by atoms with Crippen LogP contribution in [0.1, 0.15) is 42.1 Å². The number of fused-ring (bicyclic) bond motifs is 3. The zero-order valence-electron chi connectivity index (χ0n) is 14.2. The van der Waals surface area contributed by atoms with Gasteiger partial charge in [-0.25, -0.2) is 4.79 Å². The van der Waals surface area contributed by atoms with E-state index in [1.54, 1.807) is 18.3 Å². The van der Waals surface area contributed by atoms with E-state index in [0.717, 1.165) is 36.6 Å². The Labute approximate surface area is 143 Å². The van der Waals surface area contributed by atoms with Crippen molar-refractivity contribution in [2.24, 2.45) is 0 Å². The molecule has 0 unspecified atom stereocenters. The maximum atomic E-state index is 12.5. The number of aromatic amines is 1. The number of nitrogens with zero attached hydrogens (tertiary/aromatic N) is 2. The van der Waals surface area contributed by atoms with Gasteiger partial charge in [0, 0.05) is 11.5 Å². The Morgan fingerprint density at radius 2 is 2.00 bits per heavy atom. The van der Waals surface area contributed by atoms with Crippen LogP contribution < -0.4 is 10.3 Å². The standard InChI is InChI=1S/C18H19N3O4/c1-24-15-8-14-11(7-12(15)18(23)25-2)16-13(17(22)20-14)9-19-21(16)10-5-3-4-6-10/h7-10H,3-6H2,1-2H3,(H,20,22). The molecule has 1 N–H and O–H groups in total. The van der Waals surface area contributed by atoms with E-state index in [2.05, 4.69) is 10.1 Å². The summed E-state index contributed by atoms with van der Waals surface area (Å²) < 4.78 is 12.1. The number of carbonyl (C=O) groups excluding carboxylic acids is 1. The van der Waals surface area contributed by atoms with E-state index >= 15 is 0 Å². The molecule has 0 bridgehead atoms. The summed E-state index contributed by atoms with van der Waals surface area (Å²) in [5.41, 5.74) is 1.50. The van der Waals surface area contributed by atoms with Crippen LogP contribution in [0.3, 0.4) is 0 Å². The fourth-order valence-corrected chi connectivity index (χ4v) is 3.73. The van der Waals surface area contributed by atoms with Crippen LogP contribution in [-0.4, -0.2) is 35.0 Å². The van der Waals surface area contributed by atoms with Gasteiger partial charge in [0.25, 0.3) is 5.56 Å². The Hall–Kier alpha value is -2.83. The minimum atomic E-state index is -0.481. The quantitative estimate of drug-likeness (QED) is 0.740. The van der Waals surface area contributed by atoms with Crippen LogP contribution in [0.15, 0.2) is 23.1 Å². The van der Waals surface area contributed by atoms with Crippen molar-refractivity contribution in [1.82, 2.24) is 14.8 Å². The van der Waals surface area contributed by atoms with Crippen LogP contribution >= 0.6 is 0 Å². The lowest BCUT2D eigenvalue weighted by Crippen LogP contribution is -2.11. The average molecular weight is 341 g/mol. The number of nitrogens with one attached hydrogen (secondary N) is 1. The van der Waals surface area contributed by atoms with E-state index in [1.165, 1.54) is 14.2 Å². The minimum absolute atomic E-state index is 0.195. The van der Waals surface area contributed by atoms with Crippen LogP contribution in [-0.2, 0) is 4.74 Å². The fourth-order valence-electron chi connectivity index (χ4n) is 3.73. The third-order valence-electron chi connectivity index (χ3n) is 4.96. The predicted octanol–water partition coefficient (Wildman–Crippen LogP) is 2.79. The van der Waals surface area contributed by atoms with Crippen LogP contribution in [0.25, 0.3) is 21.8 Å². The highest BCUT2D eigenvalue weighted by atomic mass is 16.5. The maximum absolute atomic E-state index is 12.5. The molecule has 0 amide bonds. The Balaban J connectivity index is 2.08. The molecule has 0 saturated heterocycles. The van der Waals surface area contributed by atoms with Crippen LogP contribution in [0.5, 0.6) is 5.75 Å². The summed E-state index contributed by atoms with van der Waals surface area (Å²) >= 11 is 0. The summed E-state index contributed by atoms with van der Waals surface area (Å²) in [5, 5.41) is 5.77. The van der Waals surface area contributed by atoms with Gasteiger partial charge in [-0.2, -0.15) is 5.10 Å². The van der Waals surface area contributed by atoms with Gasteiger partial charge in [-0.3, -0.25) is 9.48 Å². The normalized spacial score (nSPS) is 15.1. The summed E-state index contributed by atoms with van der Waals surface area (Å²) in [6, 6.07) is 3.66. The SMILES string of the molecule is COC(=O)c1cc2c(cc1OC)[nH]c(=O)c1cnn(C3CCCC3)c12. The highest BCUT2D eigenvalue weighted by Crippen LogP contribution is 2.34. The number of H-pyrrole nitrogens is 1. The van der Waals surface area contributed by atoms with Crippen molar-refractivity contribution in [3.05, 3.63) is 34.2 Å². The van der Waals surface area contributed by atoms with Crippen molar-refractivity contribution < 1.29 is 14.3 Å². The molecule has 1 fully saturated rings. The topological polar surface area (TPSA) is 86.2 Å². The van der Waals surface area contributed by atoms with Crippen molar-refractivity contribution in [1.29, 1.82) is 0 Å². The third kappa shape index (κ3) is 2.38.